The van der Waals surface area contributed by atoms with Gasteiger partial charge < -0.3 is 4.90 Å². The number of unbranched alkanes of at least 4 members (excludes halogenated alkanes) is 1. The van der Waals surface area contributed by atoms with Crippen LogP contribution in [0.15, 0.2) is 0 Å². The van der Waals surface area contributed by atoms with Crippen LogP contribution in [0, 0.1) is 0 Å². The Morgan fingerprint density at radius 1 is 1.14 bits per heavy atom. The van der Waals surface area contributed by atoms with E-state index in [2.05, 4.69) is 11.8 Å². The fourth-order valence-electron chi connectivity index (χ4n) is 1.36. The summed E-state index contributed by atoms with van der Waals surface area (Å²) >= 11 is 0. The average Bonchev–Trinajstić information content (AvgIpc) is 2.19. The third-order valence-corrected chi connectivity index (χ3v) is 3.87. The van der Waals surface area contributed by atoms with Gasteiger partial charge in [-0.15, -0.1) is 0 Å². The molecule has 0 saturated carbocycles. The van der Waals surface area contributed by atoms with Crippen LogP contribution in [-0.2, 0) is 9.84 Å². The van der Waals surface area contributed by atoms with Crippen LogP contribution in [0.3, 0.4) is 0 Å². The Morgan fingerprint density at radius 3 is 2.07 bits per heavy atom. The van der Waals surface area contributed by atoms with Crippen molar-refractivity contribution in [1.82, 2.24) is 4.90 Å². The lowest BCUT2D eigenvalue weighted by Crippen LogP contribution is -2.40. The third kappa shape index (κ3) is 5.60. The van der Waals surface area contributed by atoms with Gasteiger partial charge in [0.2, 0.25) is 0 Å². The van der Waals surface area contributed by atoms with Gasteiger partial charge in [-0.25, -0.2) is 8.42 Å². The molecule has 4 heteroatoms. The summed E-state index contributed by atoms with van der Waals surface area (Å²) in [4.78, 5) is 2.24. The molecular formula is C10H23NO2S. The zero-order chi connectivity index (χ0) is 11.0. The predicted molar refractivity (Wildman–Crippen MR) is 61.3 cm³/mol. The minimum atomic E-state index is -2.68. The quantitative estimate of drug-likeness (QED) is 0.725. The Morgan fingerprint density at radius 2 is 1.64 bits per heavy atom. The SMILES string of the molecule is CC.CCCCN1CCS(=O)(=O)CC1. The highest BCUT2D eigenvalue weighted by Gasteiger charge is 2.20. The number of sulfone groups is 1. The van der Waals surface area contributed by atoms with Crippen molar-refractivity contribution in [2.24, 2.45) is 0 Å². The summed E-state index contributed by atoms with van der Waals surface area (Å²) in [6.07, 6.45) is 2.36. The summed E-state index contributed by atoms with van der Waals surface area (Å²) in [6, 6.07) is 0. The molecule has 1 fully saturated rings. The summed E-state index contributed by atoms with van der Waals surface area (Å²) in [5.41, 5.74) is 0. The van der Waals surface area contributed by atoms with E-state index in [1.54, 1.807) is 0 Å². The number of rotatable bonds is 3. The second-order valence-electron chi connectivity index (χ2n) is 3.35. The van der Waals surface area contributed by atoms with Gasteiger partial charge >= 0.3 is 0 Å². The van der Waals surface area contributed by atoms with Gasteiger partial charge in [-0.3, -0.25) is 0 Å². The van der Waals surface area contributed by atoms with Crippen LogP contribution in [-0.4, -0.2) is 44.5 Å². The zero-order valence-corrected chi connectivity index (χ0v) is 10.4. The number of nitrogens with zero attached hydrogens (tertiary/aromatic N) is 1. The fraction of sp³-hybridized carbons (Fsp3) is 1.00. The molecule has 0 bridgehead atoms. The molecule has 14 heavy (non-hydrogen) atoms. The Balaban J connectivity index is 0.000000791. The van der Waals surface area contributed by atoms with Crippen molar-refractivity contribution in [2.75, 3.05) is 31.1 Å². The summed E-state index contributed by atoms with van der Waals surface area (Å²) in [6.45, 7) is 8.69. The summed E-state index contributed by atoms with van der Waals surface area (Å²) < 4.78 is 22.1. The van der Waals surface area contributed by atoms with E-state index < -0.39 is 9.84 Å². The van der Waals surface area contributed by atoms with Crippen LogP contribution in [0.5, 0.6) is 0 Å². The van der Waals surface area contributed by atoms with Gasteiger partial charge in [0.15, 0.2) is 9.84 Å². The topological polar surface area (TPSA) is 37.4 Å². The highest BCUT2D eigenvalue weighted by atomic mass is 32.2. The van der Waals surface area contributed by atoms with Gasteiger partial charge in [0.05, 0.1) is 11.5 Å². The van der Waals surface area contributed by atoms with Crippen molar-refractivity contribution in [3.8, 4) is 0 Å². The van der Waals surface area contributed by atoms with Crippen molar-refractivity contribution < 1.29 is 8.42 Å². The molecule has 1 saturated heterocycles. The highest BCUT2D eigenvalue weighted by molar-refractivity contribution is 7.91. The van der Waals surface area contributed by atoms with E-state index in [1.165, 1.54) is 12.8 Å². The molecule has 1 aliphatic heterocycles. The van der Waals surface area contributed by atoms with E-state index in [1.807, 2.05) is 13.8 Å². The second-order valence-corrected chi connectivity index (χ2v) is 5.65. The third-order valence-electron chi connectivity index (χ3n) is 2.26. The molecule has 0 radical (unpaired) electrons. The molecule has 0 N–H and O–H groups in total. The monoisotopic (exact) mass is 221 g/mol. The Bertz CT molecular complexity index is 210. The van der Waals surface area contributed by atoms with E-state index in [4.69, 9.17) is 0 Å². The van der Waals surface area contributed by atoms with E-state index in [0.29, 0.717) is 11.5 Å². The van der Waals surface area contributed by atoms with Crippen LogP contribution in [0.25, 0.3) is 0 Å². The van der Waals surface area contributed by atoms with Gasteiger partial charge in [-0.1, -0.05) is 27.2 Å². The standard InChI is InChI=1S/C8H17NO2S.C2H6/c1-2-3-4-9-5-7-12(10,11)8-6-9;1-2/h2-8H2,1H3;1-2H3. The van der Waals surface area contributed by atoms with E-state index in [0.717, 1.165) is 19.6 Å². The largest absolute Gasteiger partial charge is 0.301 e. The van der Waals surface area contributed by atoms with Gasteiger partial charge in [0, 0.05) is 13.1 Å². The second kappa shape index (κ2) is 7.23. The maximum absolute atomic E-state index is 11.0. The molecule has 1 heterocycles. The van der Waals surface area contributed by atoms with E-state index in [9.17, 15) is 8.42 Å². The maximum atomic E-state index is 11.0. The first-order valence-corrected chi connectivity index (χ1v) is 7.39. The van der Waals surface area contributed by atoms with Crippen LogP contribution < -0.4 is 0 Å². The lowest BCUT2D eigenvalue weighted by molar-refractivity contribution is 0.291. The highest BCUT2D eigenvalue weighted by Crippen LogP contribution is 2.04. The predicted octanol–water partition coefficient (Wildman–Crippen LogP) is 1.54. The van der Waals surface area contributed by atoms with Crippen LogP contribution >= 0.6 is 0 Å². The first-order valence-electron chi connectivity index (χ1n) is 5.57. The maximum Gasteiger partial charge on any atom is 0.152 e. The van der Waals surface area contributed by atoms with Gasteiger partial charge in [-0.2, -0.15) is 0 Å². The summed E-state index contributed by atoms with van der Waals surface area (Å²) in [7, 11) is -2.68. The van der Waals surface area contributed by atoms with Crippen molar-refractivity contribution in [3.05, 3.63) is 0 Å². The van der Waals surface area contributed by atoms with Gasteiger partial charge in [0.1, 0.15) is 0 Å². The van der Waals surface area contributed by atoms with Crippen LogP contribution in [0.1, 0.15) is 33.6 Å². The Hall–Kier alpha value is -0.0900. The van der Waals surface area contributed by atoms with E-state index >= 15 is 0 Å². The molecule has 0 amide bonds. The molecule has 0 aromatic heterocycles. The fourth-order valence-corrected chi connectivity index (χ4v) is 2.63. The number of hydrogen-bond donors (Lipinski definition) is 0. The summed E-state index contributed by atoms with van der Waals surface area (Å²) in [5.74, 6) is 0.716. The molecule has 86 valence electrons. The lowest BCUT2D eigenvalue weighted by atomic mass is 10.3. The molecule has 0 atom stereocenters. The Labute approximate surface area is 88.4 Å². The van der Waals surface area contributed by atoms with Crippen molar-refractivity contribution in [2.45, 2.75) is 33.6 Å². The molecule has 1 rings (SSSR count). The van der Waals surface area contributed by atoms with Gasteiger partial charge in [-0.05, 0) is 13.0 Å². The molecule has 0 unspecified atom stereocenters. The molecule has 0 spiro atoms. The van der Waals surface area contributed by atoms with Gasteiger partial charge in [0.25, 0.3) is 0 Å². The van der Waals surface area contributed by atoms with Crippen LogP contribution in [0.4, 0.5) is 0 Å². The first-order chi connectivity index (χ1) is 6.64. The molecule has 1 aliphatic rings. The molecule has 0 aliphatic carbocycles. The lowest BCUT2D eigenvalue weighted by Gasteiger charge is -2.26. The molecule has 0 aromatic carbocycles. The smallest absolute Gasteiger partial charge is 0.152 e. The summed E-state index contributed by atoms with van der Waals surface area (Å²) in [5, 5.41) is 0. The number of hydrogen-bond acceptors (Lipinski definition) is 3. The Kier molecular flexibility index (Phi) is 7.19. The van der Waals surface area contributed by atoms with Crippen molar-refractivity contribution in [1.29, 1.82) is 0 Å². The van der Waals surface area contributed by atoms with Crippen molar-refractivity contribution >= 4 is 9.84 Å². The average molecular weight is 221 g/mol. The zero-order valence-electron chi connectivity index (χ0n) is 9.62. The molecular weight excluding hydrogens is 198 g/mol. The first kappa shape index (κ1) is 13.9. The minimum Gasteiger partial charge on any atom is -0.301 e. The normalized spacial score (nSPS) is 21.1. The van der Waals surface area contributed by atoms with E-state index in [-0.39, 0.29) is 0 Å². The minimum absolute atomic E-state index is 0.358. The molecule has 3 nitrogen and oxygen atoms in total. The van der Waals surface area contributed by atoms with Crippen molar-refractivity contribution in [3.63, 3.8) is 0 Å². The molecule has 0 aromatic rings. The van der Waals surface area contributed by atoms with Crippen LogP contribution in [0.2, 0.25) is 0 Å².